The average Bonchev–Trinajstić information content (AvgIpc) is 3.15. The van der Waals surface area contributed by atoms with E-state index in [-0.39, 0.29) is 30.0 Å². The van der Waals surface area contributed by atoms with Crippen LogP contribution in [0.4, 0.5) is 8.78 Å². The SMILES string of the molecule is CN(C)C(=NCc1ccccc1)N[C@H]1C[C@@H]1C(F)F.I. The second kappa shape index (κ2) is 7.75. The molecule has 0 bridgehead atoms. The number of benzene rings is 1. The second-order valence-electron chi connectivity index (χ2n) is 5.00. The summed E-state index contributed by atoms with van der Waals surface area (Å²) in [6.07, 6.45) is -1.72. The smallest absolute Gasteiger partial charge is 0.243 e. The van der Waals surface area contributed by atoms with Gasteiger partial charge >= 0.3 is 0 Å². The first-order valence-electron chi connectivity index (χ1n) is 6.38. The monoisotopic (exact) mass is 395 g/mol. The third kappa shape index (κ3) is 4.88. The molecule has 0 saturated heterocycles. The maximum atomic E-state index is 12.5. The molecule has 1 aromatic carbocycles. The Balaban J connectivity index is 0.00000200. The van der Waals surface area contributed by atoms with Crippen LogP contribution in [0.5, 0.6) is 0 Å². The van der Waals surface area contributed by atoms with Crippen LogP contribution in [0.15, 0.2) is 35.3 Å². The summed E-state index contributed by atoms with van der Waals surface area (Å²) in [6, 6.07) is 9.72. The number of rotatable bonds is 4. The van der Waals surface area contributed by atoms with E-state index in [0.717, 1.165) is 5.56 Å². The van der Waals surface area contributed by atoms with Gasteiger partial charge in [0, 0.05) is 26.1 Å². The Morgan fingerprint density at radius 3 is 2.50 bits per heavy atom. The van der Waals surface area contributed by atoms with Crippen molar-refractivity contribution in [3.63, 3.8) is 0 Å². The van der Waals surface area contributed by atoms with E-state index in [9.17, 15) is 8.78 Å². The van der Waals surface area contributed by atoms with Crippen molar-refractivity contribution in [1.29, 1.82) is 0 Å². The van der Waals surface area contributed by atoms with Crippen LogP contribution in [0.1, 0.15) is 12.0 Å². The molecule has 2 rings (SSSR count). The Bertz CT molecular complexity index is 437. The van der Waals surface area contributed by atoms with Crippen LogP contribution in [0.2, 0.25) is 0 Å². The lowest BCUT2D eigenvalue weighted by molar-refractivity contribution is 0.119. The van der Waals surface area contributed by atoms with E-state index in [1.165, 1.54) is 0 Å². The summed E-state index contributed by atoms with van der Waals surface area (Å²) >= 11 is 0. The molecule has 1 saturated carbocycles. The lowest BCUT2D eigenvalue weighted by Gasteiger charge is -2.17. The number of nitrogens with zero attached hydrogens (tertiary/aromatic N) is 2. The van der Waals surface area contributed by atoms with Gasteiger partial charge in [-0.25, -0.2) is 13.8 Å². The highest BCUT2D eigenvalue weighted by Crippen LogP contribution is 2.36. The van der Waals surface area contributed by atoms with Crippen LogP contribution < -0.4 is 5.32 Å². The van der Waals surface area contributed by atoms with Crippen molar-refractivity contribution in [1.82, 2.24) is 10.2 Å². The number of halogens is 3. The van der Waals surface area contributed by atoms with Crippen LogP contribution in [0.25, 0.3) is 0 Å². The van der Waals surface area contributed by atoms with Crippen LogP contribution in [-0.2, 0) is 6.54 Å². The molecule has 0 spiro atoms. The molecule has 2 atom stereocenters. The zero-order chi connectivity index (χ0) is 13.8. The average molecular weight is 395 g/mol. The van der Waals surface area contributed by atoms with E-state index in [4.69, 9.17) is 0 Å². The van der Waals surface area contributed by atoms with Gasteiger partial charge in [-0.2, -0.15) is 0 Å². The number of hydrogen-bond donors (Lipinski definition) is 1. The molecule has 1 aromatic rings. The van der Waals surface area contributed by atoms with Crippen molar-refractivity contribution in [2.24, 2.45) is 10.9 Å². The molecule has 6 heteroatoms. The zero-order valence-corrected chi connectivity index (χ0v) is 13.9. The quantitative estimate of drug-likeness (QED) is 0.482. The fourth-order valence-corrected chi connectivity index (χ4v) is 1.89. The Morgan fingerprint density at radius 2 is 2.00 bits per heavy atom. The minimum atomic E-state index is -2.24. The first kappa shape index (κ1) is 17.1. The predicted molar refractivity (Wildman–Crippen MR) is 87.7 cm³/mol. The van der Waals surface area contributed by atoms with Gasteiger partial charge in [-0.1, -0.05) is 30.3 Å². The minimum absolute atomic E-state index is 0. The van der Waals surface area contributed by atoms with Gasteiger partial charge < -0.3 is 10.2 Å². The molecule has 20 heavy (non-hydrogen) atoms. The van der Waals surface area contributed by atoms with Gasteiger partial charge in [-0.05, 0) is 12.0 Å². The van der Waals surface area contributed by atoms with E-state index in [2.05, 4.69) is 10.3 Å². The van der Waals surface area contributed by atoms with Gasteiger partial charge in [-0.15, -0.1) is 24.0 Å². The summed E-state index contributed by atoms with van der Waals surface area (Å²) in [6.45, 7) is 0.549. The van der Waals surface area contributed by atoms with Crippen molar-refractivity contribution in [3.8, 4) is 0 Å². The van der Waals surface area contributed by atoms with Crippen LogP contribution in [0.3, 0.4) is 0 Å². The molecular formula is C14H20F2IN3. The summed E-state index contributed by atoms with van der Waals surface area (Å²) < 4.78 is 25.0. The highest BCUT2D eigenvalue weighted by atomic mass is 127. The molecule has 0 unspecified atom stereocenters. The number of alkyl halides is 2. The van der Waals surface area contributed by atoms with E-state index in [0.29, 0.717) is 18.9 Å². The Kier molecular flexibility index (Phi) is 6.64. The maximum absolute atomic E-state index is 12.5. The lowest BCUT2D eigenvalue weighted by atomic mass is 10.2. The Hall–Kier alpha value is -0.920. The molecule has 1 N–H and O–H groups in total. The van der Waals surface area contributed by atoms with E-state index in [1.54, 1.807) is 0 Å². The van der Waals surface area contributed by atoms with Crippen LogP contribution in [-0.4, -0.2) is 37.4 Å². The first-order chi connectivity index (χ1) is 9.08. The minimum Gasteiger partial charge on any atom is -0.353 e. The number of aliphatic imine (C=N–C) groups is 1. The maximum Gasteiger partial charge on any atom is 0.243 e. The Labute approximate surface area is 135 Å². The molecule has 3 nitrogen and oxygen atoms in total. The third-order valence-electron chi connectivity index (χ3n) is 3.16. The molecule has 0 aromatic heterocycles. The first-order valence-corrected chi connectivity index (χ1v) is 6.38. The number of guanidine groups is 1. The van der Waals surface area contributed by atoms with Crippen molar-refractivity contribution in [2.45, 2.75) is 25.4 Å². The number of nitrogens with one attached hydrogen (secondary N) is 1. The summed E-state index contributed by atoms with van der Waals surface area (Å²) in [5.74, 6) is 0.138. The number of hydrogen-bond acceptors (Lipinski definition) is 1. The summed E-state index contributed by atoms with van der Waals surface area (Å²) in [5.41, 5.74) is 1.10. The molecule has 0 radical (unpaired) electrons. The topological polar surface area (TPSA) is 27.6 Å². The molecule has 1 aliphatic carbocycles. The highest BCUT2D eigenvalue weighted by Gasteiger charge is 2.44. The molecule has 0 aliphatic heterocycles. The highest BCUT2D eigenvalue weighted by molar-refractivity contribution is 14.0. The molecular weight excluding hydrogens is 375 g/mol. The van der Waals surface area contributed by atoms with Gasteiger partial charge in [0.1, 0.15) is 0 Å². The van der Waals surface area contributed by atoms with E-state index in [1.807, 2.05) is 49.3 Å². The summed E-state index contributed by atoms with van der Waals surface area (Å²) in [4.78, 5) is 6.28. The molecule has 0 heterocycles. The standard InChI is InChI=1S/C14H19F2N3.HI/c1-19(2)14(18-12-8-11(12)13(15)16)17-9-10-6-4-3-5-7-10;/h3-7,11-13H,8-9H2,1-2H3,(H,17,18);1H/t11-,12-;/m0./s1. The fourth-order valence-electron chi connectivity index (χ4n) is 1.89. The predicted octanol–water partition coefficient (Wildman–Crippen LogP) is 2.97. The molecule has 112 valence electrons. The second-order valence-corrected chi connectivity index (χ2v) is 5.00. The van der Waals surface area contributed by atoms with Crippen molar-refractivity contribution >= 4 is 29.9 Å². The van der Waals surface area contributed by atoms with Crippen LogP contribution >= 0.6 is 24.0 Å². The largest absolute Gasteiger partial charge is 0.353 e. The zero-order valence-electron chi connectivity index (χ0n) is 11.6. The molecule has 1 fully saturated rings. The lowest BCUT2D eigenvalue weighted by Crippen LogP contribution is -2.38. The van der Waals surface area contributed by atoms with Gasteiger partial charge in [-0.3, -0.25) is 0 Å². The van der Waals surface area contributed by atoms with Crippen molar-refractivity contribution in [3.05, 3.63) is 35.9 Å². The fraction of sp³-hybridized carbons (Fsp3) is 0.500. The summed E-state index contributed by atoms with van der Waals surface area (Å²) in [5, 5.41) is 3.09. The van der Waals surface area contributed by atoms with Crippen molar-refractivity contribution in [2.75, 3.05) is 14.1 Å². The van der Waals surface area contributed by atoms with Crippen LogP contribution in [0, 0.1) is 5.92 Å². The van der Waals surface area contributed by atoms with Crippen molar-refractivity contribution < 1.29 is 8.78 Å². The van der Waals surface area contributed by atoms with E-state index < -0.39 is 12.3 Å². The Morgan fingerprint density at radius 1 is 1.35 bits per heavy atom. The van der Waals surface area contributed by atoms with E-state index >= 15 is 0 Å². The summed E-state index contributed by atoms with van der Waals surface area (Å²) in [7, 11) is 3.72. The normalized spacial score (nSPS) is 21.4. The van der Waals surface area contributed by atoms with Gasteiger partial charge in [0.25, 0.3) is 0 Å². The molecule has 1 aliphatic rings. The van der Waals surface area contributed by atoms with Gasteiger partial charge in [0.05, 0.1) is 6.54 Å². The molecule has 0 amide bonds. The van der Waals surface area contributed by atoms with Gasteiger partial charge in [0.2, 0.25) is 6.43 Å². The van der Waals surface area contributed by atoms with Gasteiger partial charge in [0.15, 0.2) is 5.96 Å². The third-order valence-corrected chi connectivity index (χ3v) is 3.16.